The Morgan fingerprint density at radius 3 is 2.63 bits per heavy atom. The van der Waals surface area contributed by atoms with E-state index in [9.17, 15) is 13.2 Å². The van der Waals surface area contributed by atoms with Crippen molar-refractivity contribution < 1.29 is 17.9 Å². The second-order valence-corrected chi connectivity index (χ2v) is 9.13. The summed E-state index contributed by atoms with van der Waals surface area (Å²) < 4.78 is 32.9. The fourth-order valence-electron chi connectivity index (χ4n) is 2.60. The van der Waals surface area contributed by atoms with Crippen molar-refractivity contribution in [3.8, 4) is 11.4 Å². The van der Waals surface area contributed by atoms with Crippen molar-refractivity contribution in [1.82, 2.24) is 24.5 Å². The number of aromatic nitrogens is 4. The van der Waals surface area contributed by atoms with Crippen LogP contribution in [0.2, 0.25) is 0 Å². The summed E-state index contributed by atoms with van der Waals surface area (Å²) in [6, 6.07) is 11.2. The Labute approximate surface area is 178 Å². The molecule has 2 aromatic carbocycles. The maximum atomic E-state index is 12.8. The van der Waals surface area contributed by atoms with Crippen molar-refractivity contribution >= 4 is 33.4 Å². The van der Waals surface area contributed by atoms with Gasteiger partial charge >= 0.3 is 0 Å². The number of ether oxygens (including phenoxy) is 1. The first-order valence-corrected chi connectivity index (χ1v) is 11.3. The SMILES string of the molecule is COc1ccc(C(=O)Nc2cccc(-n3nnnc3SC)c2)cc1S(=O)(=O)N(C)C. The largest absolute Gasteiger partial charge is 0.495 e. The van der Waals surface area contributed by atoms with Gasteiger partial charge < -0.3 is 10.1 Å². The Kier molecular flexibility index (Phi) is 6.39. The molecule has 0 aliphatic carbocycles. The first kappa shape index (κ1) is 21.7. The first-order chi connectivity index (χ1) is 14.3. The Morgan fingerprint density at radius 1 is 1.20 bits per heavy atom. The van der Waals surface area contributed by atoms with Gasteiger partial charge in [-0.3, -0.25) is 4.79 Å². The molecule has 0 atom stereocenters. The minimum absolute atomic E-state index is 0.0882. The molecule has 1 N–H and O–H groups in total. The van der Waals surface area contributed by atoms with Gasteiger partial charge in [-0.2, -0.15) is 4.68 Å². The number of hydrogen-bond donors (Lipinski definition) is 1. The number of nitrogens with one attached hydrogen (secondary N) is 1. The Hall–Kier alpha value is -2.96. The lowest BCUT2D eigenvalue weighted by Crippen LogP contribution is -2.23. The number of sulfonamides is 1. The highest BCUT2D eigenvalue weighted by atomic mass is 32.2. The zero-order valence-electron chi connectivity index (χ0n) is 16.7. The van der Waals surface area contributed by atoms with Crippen LogP contribution in [0.15, 0.2) is 52.5 Å². The van der Waals surface area contributed by atoms with Crippen molar-refractivity contribution in [2.24, 2.45) is 0 Å². The van der Waals surface area contributed by atoms with E-state index in [1.807, 2.05) is 6.26 Å². The van der Waals surface area contributed by atoms with Crippen LogP contribution in [0, 0.1) is 0 Å². The van der Waals surface area contributed by atoms with Gasteiger partial charge in [0.05, 0.1) is 12.8 Å². The van der Waals surface area contributed by atoms with Gasteiger partial charge in [-0.25, -0.2) is 12.7 Å². The van der Waals surface area contributed by atoms with Crippen LogP contribution >= 0.6 is 11.8 Å². The third-order valence-corrected chi connectivity index (χ3v) is 6.61. The molecule has 0 aliphatic heterocycles. The number of benzene rings is 2. The van der Waals surface area contributed by atoms with Gasteiger partial charge in [0.15, 0.2) is 0 Å². The van der Waals surface area contributed by atoms with Gasteiger partial charge in [0, 0.05) is 25.3 Å². The summed E-state index contributed by atoms with van der Waals surface area (Å²) in [4.78, 5) is 12.7. The van der Waals surface area contributed by atoms with Crippen molar-refractivity contribution in [1.29, 1.82) is 0 Å². The maximum absolute atomic E-state index is 12.8. The molecule has 30 heavy (non-hydrogen) atoms. The predicted octanol–water partition coefficient (Wildman–Crippen LogP) is 1.90. The average Bonchev–Trinajstić information content (AvgIpc) is 3.22. The van der Waals surface area contributed by atoms with Crippen molar-refractivity contribution in [3.05, 3.63) is 48.0 Å². The summed E-state index contributed by atoms with van der Waals surface area (Å²) in [5.74, 6) is -0.308. The normalized spacial score (nSPS) is 11.5. The molecule has 0 bridgehead atoms. The molecule has 3 rings (SSSR count). The summed E-state index contributed by atoms with van der Waals surface area (Å²) in [7, 11) is 0.403. The van der Waals surface area contributed by atoms with E-state index < -0.39 is 15.9 Å². The van der Waals surface area contributed by atoms with Crippen LogP contribution in [-0.4, -0.2) is 66.3 Å². The van der Waals surface area contributed by atoms with Crippen LogP contribution in [0.4, 0.5) is 5.69 Å². The number of carbonyl (C=O) groups is 1. The molecule has 3 aromatic rings. The minimum atomic E-state index is -3.79. The molecule has 1 aromatic heterocycles. The molecule has 0 spiro atoms. The highest BCUT2D eigenvalue weighted by Crippen LogP contribution is 2.27. The van der Waals surface area contributed by atoms with E-state index in [4.69, 9.17) is 4.74 Å². The Balaban J connectivity index is 1.91. The molecule has 0 saturated carbocycles. The molecular weight excluding hydrogens is 428 g/mol. The van der Waals surface area contributed by atoms with Crippen LogP contribution in [0.1, 0.15) is 10.4 Å². The van der Waals surface area contributed by atoms with E-state index in [-0.39, 0.29) is 16.2 Å². The van der Waals surface area contributed by atoms with Crippen LogP contribution in [0.5, 0.6) is 5.75 Å². The highest BCUT2D eigenvalue weighted by molar-refractivity contribution is 7.98. The minimum Gasteiger partial charge on any atom is -0.495 e. The first-order valence-electron chi connectivity index (χ1n) is 8.62. The molecule has 12 heteroatoms. The van der Waals surface area contributed by atoms with Gasteiger partial charge in [0.25, 0.3) is 5.91 Å². The van der Waals surface area contributed by atoms with Crippen LogP contribution in [0.3, 0.4) is 0 Å². The average molecular weight is 449 g/mol. The van der Waals surface area contributed by atoms with E-state index in [2.05, 4.69) is 20.8 Å². The topological polar surface area (TPSA) is 119 Å². The monoisotopic (exact) mass is 448 g/mol. The zero-order chi connectivity index (χ0) is 21.9. The number of anilines is 1. The lowest BCUT2D eigenvalue weighted by molar-refractivity contribution is 0.102. The molecule has 158 valence electrons. The number of carbonyl (C=O) groups excluding carboxylic acids is 1. The summed E-state index contributed by atoms with van der Waals surface area (Å²) in [5, 5.41) is 14.9. The van der Waals surface area contributed by atoms with Crippen LogP contribution < -0.4 is 10.1 Å². The van der Waals surface area contributed by atoms with E-state index in [1.165, 1.54) is 51.2 Å². The van der Waals surface area contributed by atoms with E-state index in [0.29, 0.717) is 16.5 Å². The molecule has 0 aliphatic rings. The third kappa shape index (κ3) is 4.30. The fraction of sp³-hybridized carbons (Fsp3) is 0.222. The van der Waals surface area contributed by atoms with Gasteiger partial charge in [0.2, 0.25) is 15.2 Å². The Bertz CT molecular complexity index is 1180. The number of nitrogens with zero attached hydrogens (tertiary/aromatic N) is 5. The van der Waals surface area contributed by atoms with Crippen LogP contribution in [-0.2, 0) is 10.0 Å². The van der Waals surface area contributed by atoms with Crippen molar-refractivity contribution in [3.63, 3.8) is 0 Å². The number of rotatable bonds is 7. The number of methoxy groups -OCH3 is 1. The Morgan fingerprint density at radius 2 is 1.97 bits per heavy atom. The van der Waals surface area contributed by atoms with Gasteiger partial charge in [-0.05, 0) is 53.1 Å². The summed E-state index contributed by atoms with van der Waals surface area (Å²) in [6.45, 7) is 0. The second-order valence-electron chi connectivity index (χ2n) is 6.23. The van der Waals surface area contributed by atoms with E-state index in [1.54, 1.807) is 28.9 Å². The standard InChI is InChI=1S/C18H20N6O4S2/c1-23(2)30(26,27)16-10-12(8-9-15(16)28-3)17(25)19-13-6-5-7-14(11-13)24-18(29-4)20-21-22-24/h5-11H,1-4H3,(H,19,25). The van der Waals surface area contributed by atoms with Gasteiger partial charge in [0.1, 0.15) is 10.6 Å². The van der Waals surface area contributed by atoms with E-state index >= 15 is 0 Å². The van der Waals surface area contributed by atoms with Crippen molar-refractivity contribution in [2.75, 3.05) is 32.8 Å². The quantitative estimate of drug-likeness (QED) is 0.544. The maximum Gasteiger partial charge on any atom is 0.255 e. The lowest BCUT2D eigenvalue weighted by atomic mass is 10.2. The molecule has 0 fully saturated rings. The number of thioether (sulfide) groups is 1. The van der Waals surface area contributed by atoms with Crippen LogP contribution in [0.25, 0.3) is 5.69 Å². The highest BCUT2D eigenvalue weighted by Gasteiger charge is 2.24. The summed E-state index contributed by atoms with van der Waals surface area (Å²) >= 11 is 1.39. The molecule has 1 heterocycles. The fourth-order valence-corrected chi connectivity index (χ4v) is 4.11. The molecule has 1 amide bonds. The summed E-state index contributed by atoms with van der Waals surface area (Å²) in [6.07, 6.45) is 1.86. The predicted molar refractivity (Wildman–Crippen MR) is 113 cm³/mol. The zero-order valence-corrected chi connectivity index (χ0v) is 18.4. The number of tetrazole rings is 1. The van der Waals surface area contributed by atoms with Crippen molar-refractivity contribution in [2.45, 2.75) is 10.1 Å². The van der Waals surface area contributed by atoms with Gasteiger partial charge in [-0.1, -0.05) is 17.8 Å². The number of amides is 1. The second kappa shape index (κ2) is 8.81. The smallest absolute Gasteiger partial charge is 0.255 e. The number of hydrogen-bond acceptors (Lipinski definition) is 8. The molecule has 0 radical (unpaired) electrons. The van der Waals surface area contributed by atoms with Gasteiger partial charge in [-0.15, -0.1) is 5.10 Å². The molecule has 0 unspecified atom stereocenters. The molecule has 0 saturated heterocycles. The van der Waals surface area contributed by atoms with E-state index in [0.717, 1.165) is 4.31 Å². The lowest BCUT2D eigenvalue weighted by Gasteiger charge is -2.15. The summed E-state index contributed by atoms with van der Waals surface area (Å²) in [5.41, 5.74) is 1.36. The third-order valence-electron chi connectivity index (χ3n) is 4.16. The molecular formula is C18H20N6O4S2. The molecule has 10 nitrogen and oxygen atoms in total.